The molecule has 0 radical (unpaired) electrons. The zero-order valence-corrected chi connectivity index (χ0v) is 19.1. The molecule has 6 heteroatoms. The molecule has 166 valence electrons. The molecule has 1 aliphatic heterocycles. The van der Waals surface area contributed by atoms with Crippen molar-refractivity contribution in [2.45, 2.75) is 51.3 Å². The highest BCUT2D eigenvalue weighted by molar-refractivity contribution is 6.11. The average Bonchev–Trinajstić information content (AvgIpc) is 3.19. The molecule has 4 aromatic rings. The SMILES string of the molecule is COc1cccc2[nH]c3c(N(C4CCOC(C)(C)C4)C(C)c4ccccc4)ncnc3c12. The van der Waals surface area contributed by atoms with Gasteiger partial charge in [0.2, 0.25) is 0 Å². The van der Waals surface area contributed by atoms with E-state index in [4.69, 9.17) is 14.5 Å². The molecular weight excluding hydrogens is 400 g/mol. The number of hydrogen-bond donors (Lipinski definition) is 1. The zero-order valence-electron chi connectivity index (χ0n) is 19.1. The number of hydrogen-bond acceptors (Lipinski definition) is 5. The van der Waals surface area contributed by atoms with E-state index in [1.54, 1.807) is 13.4 Å². The summed E-state index contributed by atoms with van der Waals surface area (Å²) in [7, 11) is 1.70. The number of aromatic amines is 1. The van der Waals surface area contributed by atoms with Gasteiger partial charge in [0.15, 0.2) is 5.82 Å². The number of aromatic nitrogens is 3. The number of methoxy groups -OCH3 is 1. The summed E-state index contributed by atoms with van der Waals surface area (Å²) in [6.45, 7) is 7.35. The van der Waals surface area contributed by atoms with Gasteiger partial charge in [-0.1, -0.05) is 36.4 Å². The standard InChI is InChI=1S/C26H30N4O2/c1-17(18-9-6-5-7-10-18)30(19-13-14-32-26(2,3)15-19)25-24-23(27-16-28-25)22-20(29-24)11-8-12-21(22)31-4/h5-12,16-17,19,29H,13-15H2,1-4H3. The summed E-state index contributed by atoms with van der Waals surface area (Å²) < 4.78 is 11.7. The van der Waals surface area contributed by atoms with Crippen LogP contribution in [0.2, 0.25) is 0 Å². The van der Waals surface area contributed by atoms with Crippen LogP contribution >= 0.6 is 0 Å². The first-order valence-corrected chi connectivity index (χ1v) is 11.2. The van der Waals surface area contributed by atoms with Crippen LogP contribution in [0.4, 0.5) is 5.82 Å². The molecular formula is C26H30N4O2. The number of benzene rings is 2. The molecule has 2 atom stereocenters. The van der Waals surface area contributed by atoms with Crippen LogP contribution in [0.15, 0.2) is 54.9 Å². The summed E-state index contributed by atoms with van der Waals surface area (Å²) in [5.41, 5.74) is 3.92. The normalized spacial score (nSPS) is 19.2. The molecule has 32 heavy (non-hydrogen) atoms. The third kappa shape index (κ3) is 3.58. The van der Waals surface area contributed by atoms with E-state index in [-0.39, 0.29) is 11.6 Å². The summed E-state index contributed by atoms with van der Waals surface area (Å²) in [6, 6.07) is 17.1. The number of ether oxygens (including phenoxy) is 2. The first kappa shape index (κ1) is 20.8. The van der Waals surface area contributed by atoms with Gasteiger partial charge in [0.25, 0.3) is 0 Å². The van der Waals surface area contributed by atoms with Crippen LogP contribution < -0.4 is 9.64 Å². The molecule has 2 unspecified atom stereocenters. The molecule has 1 fully saturated rings. The van der Waals surface area contributed by atoms with Gasteiger partial charge in [-0.15, -0.1) is 0 Å². The lowest BCUT2D eigenvalue weighted by atomic mass is 9.91. The van der Waals surface area contributed by atoms with Crippen molar-refractivity contribution >= 4 is 27.8 Å². The second-order valence-electron chi connectivity index (χ2n) is 9.18. The monoisotopic (exact) mass is 430 g/mol. The summed E-state index contributed by atoms with van der Waals surface area (Å²) in [5.74, 6) is 1.74. The highest BCUT2D eigenvalue weighted by Crippen LogP contribution is 2.40. The molecule has 1 saturated heterocycles. The third-order valence-electron chi connectivity index (χ3n) is 6.58. The Morgan fingerprint density at radius 1 is 1.12 bits per heavy atom. The Labute approximate surface area is 188 Å². The summed E-state index contributed by atoms with van der Waals surface area (Å²) in [4.78, 5) is 15.5. The lowest BCUT2D eigenvalue weighted by Crippen LogP contribution is -2.47. The Balaban J connectivity index is 1.71. The molecule has 0 amide bonds. The second kappa shape index (κ2) is 8.10. The van der Waals surface area contributed by atoms with Crippen LogP contribution in [-0.2, 0) is 4.74 Å². The van der Waals surface area contributed by atoms with Gasteiger partial charge in [-0.2, -0.15) is 0 Å². The van der Waals surface area contributed by atoms with Crippen LogP contribution in [0, 0.1) is 0 Å². The zero-order chi connectivity index (χ0) is 22.3. The Kier molecular flexibility index (Phi) is 5.25. The quantitative estimate of drug-likeness (QED) is 0.444. The van der Waals surface area contributed by atoms with Crippen molar-refractivity contribution in [2.24, 2.45) is 0 Å². The predicted octanol–water partition coefficient (Wildman–Crippen LogP) is 5.64. The molecule has 2 aromatic heterocycles. The fourth-order valence-corrected chi connectivity index (χ4v) is 5.06. The van der Waals surface area contributed by atoms with Crippen LogP contribution in [0.1, 0.15) is 45.2 Å². The first-order chi connectivity index (χ1) is 15.5. The Hall–Kier alpha value is -3.12. The summed E-state index contributed by atoms with van der Waals surface area (Å²) in [5, 5.41) is 0.994. The van der Waals surface area contributed by atoms with Crippen molar-refractivity contribution in [3.05, 3.63) is 60.4 Å². The third-order valence-corrected chi connectivity index (χ3v) is 6.58. The van der Waals surface area contributed by atoms with Gasteiger partial charge in [-0.25, -0.2) is 9.97 Å². The van der Waals surface area contributed by atoms with Crippen molar-refractivity contribution in [2.75, 3.05) is 18.6 Å². The smallest absolute Gasteiger partial charge is 0.157 e. The van der Waals surface area contributed by atoms with Crippen molar-refractivity contribution in [3.63, 3.8) is 0 Å². The van der Waals surface area contributed by atoms with Crippen molar-refractivity contribution < 1.29 is 9.47 Å². The second-order valence-corrected chi connectivity index (χ2v) is 9.18. The Bertz CT molecular complexity index is 1230. The van der Waals surface area contributed by atoms with E-state index in [9.17, 15) is 0 Å². The van der Waals surface area contributed by atoms with E-state index in [1.165, 1.54) is 5.56 Å². The maximum absolute atomic E-state index is 6.05. The Morgan fingerprint density at radius 2 is 1.94 bits per heavy atom. The van der Waals surface area contributed by atoms with Gasteiger partial charge in [-0.05, 0) is 51.3 Å². The van der Waals surface area contributed by atoms with Gasteiger partial charge in [0.1, 0.15) is 23.1 Å². The van der Waals surface area contributed by atoms with Gasteiger partial charge < -0.3 is 19.4 Å². The first-order valence-electron chi connectivity index (χ1n) is 11.2. The fourth-order valence-electron chi connectivity index (χ4n) is 5.06. The molecule has 0 spiro atoms. The number of H-pyrrole nitrogens is 1. The van der Waals surface area contributed by atoms with E-state index in [0.29, 0.717) is 6.04 Å². The molecule has 1 N–H and O–H groups in total. The van der Waals surface area contributed by atoms with E-state index < -0.39 is 0 Å². The average molecular weight is 431 g/mol. The van der Waals surface area contributed by atoms with Gasteiger partial charge >= 0.3 is 0 Å². The highest BCUT2D eigenvalue weighted by Gasteiger charge is 2.36. The van der Waals surface area contributed by atoms with Crippen molar-refractivity contribution in [3.8, 4) is 5.75 Å². The Morgan fingerprint density at radius 3 is 2.69 bits per heavy atom. The largest absolute Gasteiger partial charge is 0.496 e. The van der Waals surface area contributed by atoms with Gasteiger partial charge in [-0.3, -0.25) is 0 Å². The number of anilines is 1. The van der Waals surface area contributed by atoms with E-state index in [2.05, 4.69) is 72.0 Å². The summed E-state index contributed by atoms with van der Waals surface area (Å²) in [6.07, 6.45) is 3.56. The minimum atomic E-state index is -0.173. The van der Waals surface area contributed by atoms with E-state index in [0.717, 1.165) is 53.0 Å². The maximum Gasteiger partial charge on any atom is 0.157 e. The van der Waals surface area contributed by atoms with E-state index >= 15 is 0 Å². The van der Waals surface area contributed by atoms with E-state index in [1.807, 2.05) is 12.1 Å². The molecule has 1 aliphatic rings. The summed E-state index contributed by atoms with van der Waals surface area (Å²) >= 11 is 0. The minimum Gasteiger partial charge on any atom is -0.496 e. The molecule has 6 nitrogen and oxygen atoms in total. The lowest BCUT2D eigenvalue weighted by Gasteiger charge is -2.44. The number of fused-ring (bicyclic) bond motifs is 3. The fraction of sp³-hybridized carbons (Fsp3) is 0.385. The molecule has 0 aliphatic carbocycles. The highest BCUT2D eigenvalue weighted by atomic mass is 16.5. The van der Waals surface area contributed by atoms with Gasteiger partial charge in [0, 0.05) is 12.6 Å². The van der Waals surface area contributed by atoms with Crippen molar-refractivity contribution in [1.29, 1.82) is 0 Å². The van der Waals surface area contributed by atoms with Crippen LogP contribution in [0.3, 0.4) is 0 Å². The molecule has 0 bridgehead atoms. The van der Waals surface area contributed by atoms with Crippen LogP contribution in [0.5, 0.6) is 5.75 Å². The van der Waals surface area contributed by atoms with Gasteiger partial charge in [0.05, 0.1) is 29.7 Å². The maximum atomic E-state index is 6.05. The van der Waals surface area contributed by atoms with Crippen LogP contribution in [-0.4, -0.2) is 40.3 Å². The molecule has 3 heterocycles. The molecule has 2 aromatic carbocycles. The molecule has 0 saturated carbocycles. The number of nitrogens with one attached hydrogen (secondary N) is 1. The minimum absolute atomic E-state index is 0.140. The molecule has 5 rings (SSSR count). The number of nitrogens with zero attached hydrogens (tertiary/aromatic N) is 3. The number of rotatable bonds is 5. The lowest BCUT2D eigenvalue weighted by molar-refractivity contribution is -0.0597. The topological polar surface area (TPSA) is 63.3 Å². The predicted molar refractivity (Wildman–Crippen MR) is 128 cm³/mol. The van der Waals surface area contributed by atoms with Crippen molar-refractivity contribution in [1.82, 2.24) is 15.0 Å². The van der Waals surface area contributed by atoms with Crippen LogP contribution in [0.25, 0.3) is 21.9 Å².